The van der Waals surface area contributed by atoms with Crippen molar-refractivity contribution in [3.05, 3.63) is 20.1 Å². The van der Waals surface area contributed by atoms with Crippen LogP contribution >= 0.6 is 46.4 Å². The van der Waals surface area contributed by atoms with Gasteiger partial charge in [0.1, 0.15) is 5.71 Å². The highest BCUT2D eigenvalue weighted by Crippen LogP contribution is 2.39. The maximum atomic E-state index is 5.91. The normalized spacial score (nSPS) is 17.7. The third kappa shape index (κ3) is 3.04. The van der Waals surface area contributed by atoms with E-state index in [-0.39, 0.29) is 25.7 Å². The quantitative estimate of drug-likeness (QED) is 0.721. The molecule has 1 aliphatic carbocycles. The van der Waals surface area contributed by atoms with Crippen LogP contribution in [0.25, 0.3) is 0 Å². The number of nitrogens with zero attached hydrogens (tertiary/aromatic N) is 1. The van der Waals surface area contributed by atoms with Crippen molar-refractivity contribution in [2.45, 2.75) is 26.3 Å². The van der Waals surface area contributed by atoms with Gasteiger partial charge in [0, 0.05) is 5.54 Å². The Morgan fingerprint density at radius 3 is 1.60 bits per heavy atom. The standard InChI is InChI=1S/C9H10Cl4N2/c1-9(2,3)15-14-8-6(12)4(10)5(11)7(8)13/h15H,1-3H3. The molecule has 0 aromatic heterocycles. The third-order valence-electron chi connectivity index (χ3n) is 1.50. The highest BCUT2D eigenvalue weighted by atomic mass is 35.5. The summed E-state index contributed by atoms with van der Waals surface area (Å²) in [4.78, 5) is 0. The fourth-order valence-corrected chi connectivity index (χ4v) is 1.79. The Morgan fingerprint density at radius 1 is 0.867 bits per heavy atom. The molecule has 0 atom stereocenters. The van der Waals surface area contributed by atoms with Gasteiger partial charge in [-0.05, 0) is 20.8 Å². The van der Waals surface area contributed by atoms with Crippen LogP contribution in [-0.4, -0.2) is 11.3 Å². The topological polar surface area (TPSA) is 24.4 Å². The van der Waals surface area contributed by atoms with Crippen molar-refractivity contribution >= 4 is 52.1 Å². The van der Waals surface area contributed by atoms with E-state index in [4.69, 9.17) is 46.4 Å². The van der Waals surface area contributed by atoms with Crippen LogP contribution in [-0.2, 0) is 0 Å². The van der Waals surface area contributed by atoms with Crippen molar-refractivity contribution in [2.24, 2.45) is 5.10 Å². The molecule has 0 amide bonds. The second kappa shape index (κ2) is 4.54. The number of halogens is 4. The van der Waals surface area contributed by atoms with Gasteiger partial charge in [-0.15, -0.1) is 0 Å². The molecule has 0 aromatic rings. The highest BCUT2D eigenvalue weighted by Gasteiger charge is 2.27. The van der Waals surface area contributed by atoms with Gasteiger partial charge < -0.3 is 5.43 Å². The summed E-state index contributed by atoms with van der Waals surface area (Å²) in [7, 11) is 0. The molecule has 0 aromatic carbocycles. The van der Waals surface area contributed by atoms with Crippen molar-refractivity contribution in [2.75, 3.05) is 0 Å². The summed E-state index contributed by atoms with van der Waals surface area (Å²) >= 11 is 23.5. The average Bonchev–Trinajstić information content (AvgIpc) is 2.28. The lowest BCUT2D eigenvalue weighted by atomic mass is 10.1. The third-order valence-corrected chi connectivity index (χ3v) is 3.28. The van der Waals surface area contributed by atoms with Gasteiger partial charge in [0.25, 0.3) is 0 Å². The van der Waals surface area contributed by atoms with Crippen LogP contribution in [0, 0.1) is 0 Å². The average molecular weight is 288 g/mol. The van der Waals surface area contributed by atoms with E-state index >= 15 is 0 Å². The fraction of sp³-hybridized carbons (Fsp3) is 0.444. The largest absolute Gasteiger partial charge is 0.304 e. The molecule has 0 saturated heterocycles. The van der Waals surface area contributed by atoms with Gasteiger partial charge in [-0.2, -0.15) is 5.10 Å². The molecule has 1 aliphatic rings. The van der Waals surface area contributed by atoms with Gasteiger partial charge in [0.2, 0.25) is 0 Å². The van der Waals surface area contributed by atoms with E-state index < -0.39 is 0 Å². The summed E-state index contributed by atoms with van der Waals surface area (Å²) in [5.41, 5.74) is 3.10. The molecule has 0 spiro atoms. The van der Waals surface area contributed by atoms with Gasteiger partial charge in [0.15, 0.2) is 0 Å². The van der Waals surface area contributed by atoms with Gasteiger partial charge in [-0.25, -0.2) is 0 Å². The molecule has 15 heavy (non-hydrogen) atoms. The van der Waals surface area contributed by atoms with Crippen LogP contribution in [0.3, 0.4) is 0 Å². The van der Waals surface area contributed by atoms with Gasteiger partial charge in [-0.1, -0.05) is 46.4 Å². The summed E-state index contributed by atoms with van der Waals surface area (Å²) < 4.78 is 0. The molecule has 0 aliphatic heterocycles. The van der Waals surface area contributed by atoms with Crippen molar-refractivity contribution in [3.8, 4) is 0 Å². The minimum absolute atomic E-state index is 0.178. The summed E-state index contributed by atoms with van der Waals surface area (Å²) in [6.07, 6.45) is 0. The number of rotatable bonds is 1. The summed E-state index contributed by atoms with van der Waals surface area (Å²) in [5.74, 6) is 0. The van der Waals surface area contributed by atoms with Crippen LogP contribution in [0.5, 0.6) is 0 Å². The Bertz CT molecular complexity index is 348. The predicted molar refractivity (Wildman–Crippen MR) is 67.8 cm³/mol. The first kappa shape index (κ1) is 13.2. The van der Waals surface area contributed by atoms with Crippen molar-refractivity contribution in [1.29, 1.82) is 0 Å². The lowest BCUT2D eigenvalue weighted by molar-refractivity contribution is 0.441. The molecule has 6 heteroatoms. The van der Waals surface area contributed by atoms with Crippen LogP contribution in [0.4, 0.5) is 0 Å². The first-order valence-corrected chi connectivity index (χ1v) is 5.72. The smallest absolute Gasteiger partial charge is 0.123 e. The molecule has 0 bridgehead atoms. The Morgan fingerprint density at radius 2 is 1.27 bits per heavy atom. The molecular weight excluding hydrogens is 278 g/mol. The first-order valence-electron chi connectivity index (χ1n) is 4.20. The number of nitrogens with one attached hydrogen (secondary N) is 1. The molecule has 0 fully saturated rings. The SMILES string of the molecule is CC(C)(C)NN=C1C(Cl)=C(Cl)C(Cl)=C1Cl. The second-order valence-corrected chi connectivity index (χ2v) is 5.59. The molecule has 1 rings (SSSR count). The molecule has 0 unspecified atom stereocenters. The van der Waals surface area contributed by atoms with Gasteiger partial charge in [-0.3, -0.25) is 0 Å². The Hall–Kier alpha value is 0.110. The minimum Gasteiger partial charge on any atom is -0.304 e. The summed E-state index contributed by atoms with van der Waals surface area (Å²) in [6, 6.07) is 0. The maximum absolute atomic E-state index is 5.91. The monoisotopic (exact) mass is 286 g/mol. The van der Waals surface area contributed by atoms with Gasteiger partial charge >= 0.3 is 0 Å². The van der Waals surface area contributed by atoms with E-state index in [2.05, 4.69) is 10.5 Å². The lowest BCUT2D eigenvalue weighted by Gasteiger charge is -2.18. The van der Waals surface area contributed by atoms with E-state index in [0.717, 1.165) is 0 Å². The van der Waals surface area contributed by atoms with Gasteiger partial charge in [0.05, 0.1) is 20.1 Å². The number of hydrogen-bond donors (Lipinski definition) is 1. The van der Waals surface area contributed by atoms with E-state index in [1.807, 2.05) is 20.8 Å². The number of hydrogen-bond acceptors (Lipinski definition) is 2. The zero-order chi connectivity index (χ0) is 11.8. The zero-order valence-electron chi connectivity index (χ0n) is 8.46. The predicted octanol–water partition coefficient (Wildman–Crippen LogP) is 4.12. The molecule has 0 saturated carbocycles. The Balaban J connectivity index is 2.99. The summed E-state index contributed by atoms with van der Waals surface area (Å²) in [6.45, 7) is 5.89. The first-order chi connectivity index (χ1) is 6.74. The van der Waals surface area contributed by atoms with Crippen molar-refractivity contribution in [3.63, 3.8) is 0 Å². The Labute approximate surface area is 109 Å². The molecule has 2 nitrogen and oxygen atoms in total. The molecule has 0 radical (unpaired) electrons. The molecule has 0 heterocycles. The van der Waals surface area contributed by atoms with E-state index in [9.17, 15) is 0 Å². The van der Waals surface area contributed by atoms with Crippen LogP contribution in [0.2, 0.25) is 0 Å². The number of hydrazone groups is 1. The fourth-order valence-electron chi connectivity index (χ4n) is 0.819. The zero-order valence-corrected chi connectivity index (χ0v) is 11.5. The molecule has 1 N–H and O–H groups in total. The van der Waals surface area contributed by atoms with Crippen molar-refractivity contribution in [1.82, 2.24) is 5.43 Å². The van der Waals surface area contributed by atoms with Crippen LogP contribution in [0.1, 0.15) is 20.8 Å². The number of allylic oxidation sites excluding steroid dienone is 4. The van der Waals surface area contributed by atoms with Crippen molar-refractivity contribution < 1.29 is 0 Å². The van der Waals surface area contributed by atoms with Crippen LogP contribution < -0.4 is 5.43 Å². The summed E-state index contributed by atoms with van der Waals surface area (Å²) in [5, 5.41) is 5.08. The van der Waals surface area contributed by atoms with Crippen LogP contribution in [0.15, 0.2) is 25.2 Å². The van der Waals surface area contributed by atoms with E-state index in [1.54, 1.807) is 0 Å². The maximum Gasteiger partial charge on any atom is 0.123 e. The second-order valence-electron chi connectivity index (χ2n) is 4.08. The Kier molecular flexibility index (Phi) is 3.99. The van der Waals surface area contributed by atoms with E-state index in [0.29, 0.717) is 5.71 Å². The lowest BCUT2D eigenvalue weighted by Crippen LogP contribution is -2.32. The molecule has 84 valence electrons. The minimum atomic E-state index is -0.178. The molecular formula is C9H10Cl4N2. The highest BCUT2D eigenvalue weighted by molar-refractivity contribution is 6.66. The van der Waals surface area contributed by atoms with E-state index in [1.165, 1.54) is 0 Å².